The smallest absolute Gasteiger partial charge is 0.336 e. The maximum Gasteiger partial charge on any atom is 0.336 e. The summed E-state index contributed by atoms with van der Waals surface area (Å²) in [5.41, 5.74) is 1.31. The fourth-order valence-electron chi connectivity index (χ4n) is 6.18. The number of carbonyl (C=O) groups is 1. The highest BCUT2D eigenvalue weighted by molar-refractivity contribution is 5.77. The van der Waals surface area contributed by atoms with Crippen molar-refractivity contribution in [3.05, 3.63) is 52.9 Å². The third kappa shape index (κ3) is 3.90. The lowest BCUT2D eigenvalue weighted by atomic mass is 9.47. The van der Waals surface area contributed by atoms with E-state index in [1.165, 1.54) is 18.6 Å². The average molecular weight is 425 g/mol. The molecule has 5 heteroatoms. The number of esters is 1. The minimum absolute atomic E-state index is 0.0267. The van der Waals surface area contributed by atoms with E-state index in [2.05, 4.69) is 27.4 Å². The summed E-state index contributed by atoms with van der Waals surface area (Å²) in [4.78, 5) is 23.2. The van der Waals surface area contributed by atoms with Gasteiger partial charge in [-0.3, -0.25) is 4.79 Å². The van der Waals surface area contributed by atoms with Crippen LogP contribution in [0, 0.1) is 22.7 Å². The minimum atomic E-state index is -0.368. The van der Waals surface area contributed by atoms with Gasteiger partial charge >= 0.3 is 11.6 Å². The molecule has 2 aliphatic rings. The van der Waals surface area contributed by atoms with Crippen LogP contribution in [-0.4, -0.2) is 18.7 Å². The number of hydrogen-bond donors (Lipinski definition) is 0. The van der Waals surface area contributed by atoms with Crippen LogP contribution in [0.4, 0.5) is 0 Å². The van der Waals surface area contributed by atoms with E-state index in [1.807, 2.05) is 12.1 Å². The molecule has 0 amide bonds. The van der Waals surface area contributed by atoms with Gasteiger partial charge in [0, 0.05) is 35.8 Å². The van der Waals surface area contributed by atoms with Crippen LogP contribution in [0.5, 0.6) is 5.75 Å². The van der Waals surface area contributed by atoms with Gasteiger partial charge in [0.25, 0.3) is 0 Å². The summed E-state index contributed by atoms with van der Waals surface area (Å²) >= 11 is 0. The quantitative estimate of drug-likeness (QED) is 0.368. The average Bonchev–Trinajstić information content (AvgIpc) is 2.69. The molecular formula is C26H32O5. The largest absolute Gasteiger partial charge is 0.493 e. The van der Waals surface area contributed by atoms with Crippen LogP contribution in [0.1, 0.15) is 53.4 Å². The number of hydrogen-bond acceptors (Lipinski definition) is 5. The first kappa shape index (κ1) is 21.7. The zero-order valence-electron chi connectivity index (χ0n) is 18.9. The second kappa shape index (κ2) is 7.85. The van der Waals surface area contributed by atoms with Crippen molar-refractivity contribution in [2.24, 2.45) is 22.7 Å². The zero-order valence-corrected chi connectivity index (χ0v) is 18.9. The van der Waals surface area contributed by atoms with Gasteiger partial charge in [-0.2, -0.15) is 0 Å². The molecule has 166 valence electrons. The van der Waals surface area contributed by atoms with Crippen LogP contribution < -0.4 is 10.4 Å². The third-order valence-electron chi connectivity index (χ3n) is 7.83. The van der Waals surface area contributed by atoms with Crippen molar-refractivity contribution in [3.63, 3.8) is 0 Å². The lowest BCUT2D eigenvalue weighted by Crippen LogP contribution is -2.56. The van der Waals surface area contributed by atoms with E-state index in [0.29, 0.717) is 23.9 Å². The number of carbonyl (C=O) groups excluding carboxylic acids is 1. The molecular weight excluding hydrogens is 392 g/mol. The highest BCUT2D eigenvalue weighted by Gasteiger charge is 2.57. The van der Waals surface area contributed by atoms with Crippen LogP contribution in [0.25, 0.3) is 11.0 Å². The van der Waals surface area contributed by atoms with Gasteiger partial charge in [-0.1, -0.05) is 32.9 Å². The lowest BCUT2D eigenvalue weighted by molar-refractivity contribution is -0.175. The van der Waals surface area contributed by atoms with Gasteiger partial charge in [0.15, 0.2) is 0 Å². The summed E-state index contributed by atoms with van der Waals surface area (Å²) in [6.45, 7) is 13.2. The second-order valence-electron chi connectivity index (χ2n) is 10.0. The molecule has 4 atom stereocenters. The van der Waals surface area contributed by atoms with Crippen molar-refractivity contribution in [2.45, 2.75) is 59.5 Å². The molecule has 0 unspecified atom stereocenters. The number of rotatable bonds is 4. The summed E-state index contributed by atoms with van der Waals surface area (Å²) in [7, 11) is 0. The normalized spacial score (nSPS) is 29.9. The fourth-order valence-corrected chi connectivity index (χ4v) is 6.18. The van der Waals surface area contributed by atoms with E-state index < -0.39 is 0 Å². The van der Waals surface area contributed by atoms with Crippen molar-refractivity contribution in [2.75, 3.05) is 6.61 Å². The van der Waals surface area contributed by atoms with Gasteiger partial charge in [0.1, 0.15) is 17.4 Å². The van der Waals surface area contributed by atoms with Gasteiger partial charge in [-0.15, -0.1) is 0 Å². The Kier molecular flexibility index (Phi) is 5.48. The Morgan fingerprint density at radius 2 is 1.94 bits per heavy atom. The maximum atomic E-state index is 11.6. The molecule has 1 aromatic heterocycles. The van der Waals surface area contributed by atoms with E-state index in [-0.39, 0.29) is 34.4 Å². The van der Waals surface area contributed by atoms with Gasteiger partial charge in [-0.05, 0) is 55.2 Å². The molecule has 1 aromatic carbocycles. The SMILES string of the molecule is C=C1CC[C@@H]2C(C)(C)[C@H](OC(C)=O)CC[C@@]2(C)[C@@H]1COc1ccc2ccc(=O)oc2c1. The first-order valence-electron chi connectivity index (χ1n) is 11.1. The number of fused-ring (bicyclic) bond motifs is 2. The van der Waals surface area contributed by atoms with Crippen LogP contribution in [-0.2, 0) is 9.53 Å². The van der Waals surface area contributed by atoms with Crippen molar-refractivity contribution >= 4 is 16.9 Å². The van der Waals surface area contributed by atoms with Crippen LogP contribution in [0.15, 0.2) is 51.7 Å². The fraction of sp³-hybridized carbons (Fsp3) is 0.538. The van der Waals surface area contributed by atoms with Gasteiger partial charge in [0.2, 0.25) is 0 Å². The van der Waals surface area contributed by atoms with E-state index in [1.54, 1.807) is 12.1 Å². The Morgan fingerprint density at radius 1 is 1.19 bits per heavy atom. The monoisotopic (exact) mass is 424 g/mol. The Labute approximate surface area is 183 Å². The maximum absolute atomic E-state index is 11.6. The third-order valence-corrected chi connectivity index (χ3v) is 7.83. The molecule has 1 heterocycles. The number of ether oxygens (including phenoxy) is 2. The highest BCUT2D eigenvalue weighted by atomic mass is 16.5. The minimum Gasteiger partial charge on any atom is -0.493 e. The van der Waals surface area contributed by atoms with Crippen molar-refractivity contribution in [1.82, 2.24) is 0 Å². The molecule has 0 saturated heterocycles. The molecule has 5 nitrogen and oxygen atoms in total. The molecule has 2 aliphatic carbocycles. The van der Waals surface area contributed by atoms with E-state index in [0.717, 1.165) is 31.1 Å². The Morgan fingerprint density at radius 3 is 2.68 bits per heavy atom. The van der Waals surface area contributed by atoms with Gasteiger partial charge < -0.3 is 13.9 Å². The van der Waals surface area contributed by atoms with Gasteiger partial charge in [0.05, 0.1) is 6.61 Å². The summed E-state index contributed by atoms with van der Waals surface area (Å²) in [6, 6.07) is 8.77. The van der Waals surface area contributed by atoms with Crippen molar-refractivity contribution in [3.8, 4) is 5.75 Å². The lowest BCUT2D eigenvalue weighted by Gasteiger charge is -2.59. The standard InChI is InChI=1S/C26H32O5/c1-16-6-10-22-25(3,4)23(30-17(2)27)12-13-26(22,5)20(16)15-29-19-9-7-18-8-11-24(28)31-21(18)14-19/h7-9,11,14,20,22-23H,1,6,10,12-13,15H2,2-5H3/t20-,22-,23-,26+/m1/s1. The molecule has 0 radical (unpaired) electrons. The number of benzene rings is 1. The molecule has 0 aliphatic heterocycles. The first-order valence-corrected chi connectivity index (χ1v) is 11.1. The highest BCUT2D eigenvalue weighted by Crippen LogP contribution is 2.61. The zero-order chi connectivity index (χ0) is 22.4. The summed E-state index contributed by atoms with van der Waals surface area (Å²) in [6.07, 6.45) is 3.78. The molecule has 0 spiro atoms. The van der Waals surface area contributed by atoms with E-state index >= 15 is 0 Å². The van der Waals surface area contributed by atoms with E-state index in [9.17, 15) is 9.59 Å². The van der Waals surface area contributed by atoms with Gasteiger partial charge in [-0.25, -0.2) is 4.79 Å². The Bertz CT molecular complexity index is 1060. The van der Waals surface area contributed by atoms with Crippen LogP contribution in [0.3, 0.4) is 0 Å². The molecule has 31 heavy (non-hydrogen) atoms. The summed E-state index contributed by atoms with van der Waals surface area (Å²) in [5, 5.41) is 0.867. The first-order chi connectivity index (χ1) is 14.6. The van der Waals surface area contributed by atoms with Crippen molar-refractivity contribution in [1.29, 1.82) is 0 Å². The molecule has 0 bridgehead atoms. The van der Waals surface area contributed by atoms with E-state index in [4.69, 9.17) is 13.9 Å². The molecule has 2 fully saturated rings. The molecule has 2 aromatic rings. The van der Waals surface area contributed by atoms with Crippen LogP contribution >= 0.6 is 0 Å². The Hall–Kier alpha value is -2.56. The predicted octanol–water partition coefficient (Wildman–Crippen LogP) is 5.51. The summed E-state index contributed by atoms with van der Waals surface area (Å²) in [5.74, 6) is 1.10. The molecule has 0 N–H and O–H groups in total. The topological polar surface area (TPSA) is 65.7 Å². The second-order valence-corrected chi connectivity index (χ2v) is 10.0. The molecule has 2 saturated carbocycles. The van der Waals surface area contributed by atoms with Crippen molar-refractivity contribution < 1.29 is 18.7 Å². The Balaban J connectivity index is 1.56. The summed E-state index contributed by atoms with van der Waals surface area (Å²) < 4.78 is 17.2. The van der Waals surface area contributed by atoms with Crippen LogP contribution in [0.2, 0.25) is 0 Å². The molecule has 4 rings (SSSR count). The predicted molar refractivity (Wildman–Crippen MR) is 120 cm³/mol.